The van der Waals surface area contributed by atoms with Gasteiger partial charge in [-0.25, -0.2) is 0 Å². The van der Waals surface area contributed by atoms with E-state index in [2.05, 4.69) is 52.0 Å². The number of aryl methyl sites for hydroxylation is 1. The summed E-state index contributed by atoms with van der Waals surface area (Å²) in [6, 6.07) is 18.6. The van der Waals surface area contributed by atoms with E-state index in [1.54, 1.807) is 16.4 Å². The zero-order valence-electron chi connectivity index (χ0n) is 14.1. The molecule has 0 bridgehead atoms. The first-order chi connectivity index (χ1) is 11.8. The topological polar surface area (TPSA) is 55.6 Å². The van der Waals surface area contributed by atoms with Gasteiger partial charge in [0.2, 0.25) is 5.16 Å². The van der Waals surface area contributed by atoms with Gasteiger partial charge in [0, 0.05) is 12.3 Å². The molecule has 25 heavy (non-hydrogen) atoms. The fourth-order valence-corrected chi connectivity index (χ4v) is 3.25. The highest BCUT2D eigenvalue weighted by Crippen LogP contribution is 2.18. The second kappa shape index (κ2) is 10.2. The van der Waals surface area contributed by atoms with Crippen molar-refractivity contribution in [3.63, 3.8) is 0 Å². The van der Waals surface area contributed by atoms with E-state index in [0.717, 1.165) is 36.1 Å². The Bertz CT molecular complexity index is 763. The van der Waals surface area contributed by atoms with Crippen LogP contribution >= 0.6 is 24.2 Å². The average Bonchev–Trinajstić information content (AvgIpc) is 3.07. The summed E-state index contributed by atoms with van der Waals surface area (Å²) in [7, 11) is 0. The van der Waals surface area contributed by atoms with Crippen LogP contribution in [0.25, 0.3) is 5.69 Å². The first kappa shape index (κ1) is 19.4. The van der Waals surface area contributed by atoms with Crippen LogP contribution in [0.5, 0.6) is 0 Å². The predicted molar refractivity (Wildman–Crippen MR) is 105 cm³/mol. The van der Waals surface area contributed by atoms with Gasteiger partial charge in [0.25, 0.3) is 0 Å². The largest absolute Gasteiger partial charge is 0.313 e. The van der Waals surface area contributed by atoms with E-state index in [1.165, 1.54) is 11.1 Å². The van der Waals surface area contributed by atoms with Crippen LogP contribution in [0.4, 0.5) is 0 Å². The molecule has 7 heteroatoms. The van der Waals surface area contributed by atoms with E-state index in [9.17, 15) is 0 Å². The molecular formula is C18H22ClN5S. The Hall–Kier alpha value is -1.89. The first-order valence-electron chi connectivity index (χ1n) is 8.06. The van der Waals surface area contributed by atoms with E-state index in [1.807, 2.05) is 30.3 Å². The monoisotopic (exact) mass is 375 g/mol. The second-order valence-electron chi connectivity index (χ2n) is 5.58. The lowest BCUT2D eigenvalue weighted by Gasteiger charge is -2.06. The molecule has 0 unspecified atom stereocenters. The van der Waals surface area contributed by atoms with Crippen LogP contribution in [0.2, 0.25) is 0 Å². The zero-order chi connectivity index (χ0) is 16.6. The van der Waals surface area contributed by atoms with E-state index in [0.29, 0.717) is 0 Å². The van der Waals surface area contributed by atoms with Gasteiger partial charge >= 0.3 is 0 Å². The van der Waals surface area contributed by atoms with Crippen molar-refractivity contribution < 1.29 is 0 Å². The molecule has 0 saturated heterocycles. The Kier molecular flexibility index (Phi) is 7.91. The van der Waals surface area contributed by atoms with Crippen LogP contribution in [-0.2, 0) is 6.54 Å². The van der Waals surface area contributed by atoms with Gasteiger partial charge in [-0.15, -0.1) is 17.5 Å². The maximum Gasteiger partial charge on any atom is 0.214 e. The number of benzene rings is 2. The molecule has 0 amide bonds. The van der Waals surface area contributed by atoms with Crippen molar-refractivity contribution in [2.24, 2.45) is 0 Å². The molecule has 1 N–H and O–H groups in total. The number of tetrazole rings is 1. The minimum atomic E-state index is 0. The zero-order valence-corrected chi connectivity index (χ0v) is 15.8. The van der Waals surface area contributed by atoms with Crippen molar-refractivity contribution in [3.05, 3.63) is 65.7 Å². The van der Waals surface area contributed by atoms with Crippen molar-refractivity contribution >= 4 is 24.2 Å². The van der Waals surface area contributed by atoms with E-state index in [4.69, 9.17) is 0 Å². The van der Waals surface area contributed by atoms with Gasteiger partial charge in [-0.05, 0) is 48.0 Å². The molecule has 0 saturated carbocycles. The maximum atomic E-state index is 4.11. The Labute approximate surface area is 158 Å². The summed E-state index contributed by atoms with van der Waals surface area (Å²) in [5.74, 6) is 0.980. The first-order valence-corrected chi connectivity index (χ1v) is 9.04. The summed E-state index contributed by atoms with van der Waals surface area (Å²) < 4.78 is 1.78. The van der Waals surface area contributed by atoms with E-state index in [-0.39, 0.29) is 12.4 Å². The number of hydrogen-bond acceptors (Lipinski definition) is 5. The second-order valence-corrected chi connectivity index (χ2v) is 6.64. The molecule has 0 fully saturated rings. The smallest absolute Gasteiger partial charge is 0.214 e. The SMILES string of the molecule is Cc1cccc(CNCCCSc2nnnn2-c2ccccc2)c1.Cl. The van der Waals surface area contributed by atoms with Crippen molar-refractivity contribution in [1.82, 2.24) is 25.5 Å². The molecule has 1 aromatic heterocycles. The molecule has 0 aliphatic heterocycles. The Balaban J connectivity index is 0.00000225. The number of nitrogens with one attached hydrogen (secondary N) is 1. The van der Waals surface area contributed by atoms with E-state index < -0.39 is 0 Å². The van der Waals surface area contributed by atoms with Crippen LogP contribution < -0.4 is 5.32 Å². The number of rotatable bonds is 8. The minimum Gasteiger partial charge on any atom is -0.313 e. The molecule has 5 nitrogen and oxygen atoms in total. The Morgan fingerprint density at radius 1 is 1.08 bits per heavy atom. The third kappa shape index (κ3) is 5.85. The summed E-state index contributed by atoms with van der Waals surface area (Å²) in [6.07, 6.45) is 1.07. The normalized spacial score (nSPS) is 10.4. The van der Waals surface area contributed by atoms with Crippen molar-refractivity contribution in [2.75, 3.05) is 12.3 Å². The highest BCUT2D eigenvalue weighted by molar-refractivity contribution is 7.99. The van der Waals surface area contributed by atoms with Crippen molar-refractivity contribution in [3.8, 4) is 5.69 Å². The molecule has 0 aliphatic rings. The number of halogens is 1. The number of hydrogen-bond donors (Lipinski definition) is 1. The molecule has 0 atom stereocenters. The summed E-state index contributed by atoms with van der Waals surface area (Å²) in [5.41, 5.74) is 3.62. The molecule has 132 valence electrons. The molecule has 0 radical (unpaired) electrons. The van der Waals surface area contributed by atoms with Crippen LogP contribution in [-0.4, -0.2) is 32.5 Å². The summed E-state index contributed by atoms with van der Waals surface area (Å²) in [6.45, 7) is 4.01. The average molecular weight is 376 g/mol. The number of thioether (sulfide) groups is 1. The van der Waals surface area contributed by atoms with Gasteiger partial charge in [-0.3, -0.25) is 0 Å². The molecule has 3 aromatic rings. The number of para-hydroxylation sites is 1. The summed E-state index contributed by atoms with van der Waals surface area (Å²) in [4.78, 5) is 0. The van der Waals surface area contributed by atoms with Crippen LogP contribution in [0.15, 0.2) is 59.8 Å². The lowest BCUT2D eigenvalue weighted by Crippen LogP contribution is -2.15. The molecule has 1 heterocycles. The van der Waals surface area contributed by atoms with Gasteiger partial charge in [-0.1, -0.05) is 59.8 Å². The third-order valence-corrected chi connectivity index (χ3v) is 4.59. The van der Waals surface area contributed by atoms with Gasteiger partial charge in [-0.2, -0.15) is 4.68 Å². The van der Waals surface area contributed by atoms with Gasteiger partial charge < -0.3 is 5.32 Å². The molecule has 2 aromatic carbocycles. The lowest BCUT2D eigenvalue weighted by molar-refractivity contribution is 0.677. The fraction of sp³-hybridized carbons (Fsp3) is 0.278. The highest BCUT2D eigenvalue weighted by Gasteiger charge is 2.07. The van der Waals surface area contributed by atoms with Gasteiger partial charge in [0.1, 0.15) is 0 Å². The predicted octanol–water partition coefficient (Wildman–Crippen LogP) is 3.66. The lowest BCUT2D eigenvalue weighted by atomic mass is 10.1. The van der Waals surface area contributed by atoms with Crippen LogP contribution in [0.1, 0.15) is 17.5 Å². The van der Waals surface area contributed by atoms with Crippen molar-refractivity contribution in [2.45, 2.75) is 25.0 Å². The Morgan fingerprint density at radius 2 is 1.92 bits per heavy atom. The van der Waals surface area contributed by atoms with E-state index >= 15 is 0 Å². The molecular weight excluding hydrogens is 354 g/mol. The molecule has 0 spiro atoms. The summed E-state index contributed by atoms with van der Waals surface area (Å²) in [5, 5.41) is 16.3. The van der Waals surface area contributed by atoms with Gasteiger partial charge in [0.15, 0.2) is 0 Å². The maximum absolute atomic E-state index is 4.11. The summed E-state index contributed by atoms with van der Waals surface area (Å²) >= 11 is 1.68. The number of aromatic nitrogens is 4. The fourth-order valence-electron chi connectivity index (χ4n) is 2.42. The molecule has 3 rings (SSSR count). The minimum absolute atomic E-state index is 0. The molecule has 0 aliphatic carbocycles. The number of nitrogens with zero attached hydrogens (tertiary/aromatic N) is 4. The van der Waals surface area contributed by atoms with Crippen LogP contribution in [0.3, 0.4) is 0 Å². The van der Waals surface area contributed by atoms with Gasteiger partial charge in [0.05, 0.1) is 5.69 Å². The highest BCUT2D eigenvalue weighted by atomic mass is 35.5. The third-order valence-electron chi connectivity index (χ3n) is 3.58. The standard InChI is InChI=1S/C18H21N5S.ClH/c1-15-7-5-8-16(13-15)14-19-11-6-12-24-18-20-21-22-23(18)17-9-3-2-4-10-17;/h2-5,7-10,13,19H,6,11-12,14H2,1H3;1H. The van der Waals surface area contributed by atoms with Crippen molar-refractivity contribution in [1.29, 1.82) is 0 Å². The Morgan fingerprint density at radius 3 is 2.72 bits per heavy atom. The van der Waals surface area contributed by atoms with Crippen LogP contribution in [0, 0.1) is 6.92 Å². The quantitative estimate of drug-likeness (QED) is 0.481.